The van der Waals surface area contributed by atoms with Crippen molar-refractivity contribution >= 4 is 101 Å². The van der Waals surface area contributed by atoms with Crippen molar-refractivity contribution < 1.29 is 0 Å². The maximum absolute atomic E-state index is 5.27. The molecule has 8 heteroatoms. The molecule has 2 radical (unpaired) electrons. The predicted molar refractivity (Wildman–Crippen MR) is 167 cm³/mol. The van der Waals surface area contributed by atoms with Crippen LogP contribution in [0.1, 0.15) is 22.3 Å². The zero-order chi connectivity index (χ0) is 25.9. The van der Waals surface area contributed by atoms with Crippen LogP contribution in [0.4, 0.5) is 17.3 Å². The zero-order valence-corrected chi connectivity index (χ0v) is 26.3. The molecule has 6 N–H and O–H groups in total. The first kappa shape index (κ1) is 32.0. The quantitative estimate of drug-likeness (QED) is 0.203. The molecule has 0 aliphatic carbocycles. The summed E-state index contributed by atoms with van der Waals surface area (Å²) < 4.78 is 0. The smallest absolute Gasteiger partial charge is 0.174 e. The summed E-state index contributed by atoms with van der Waals surface area (Å²) in [5, 5.41) is 9.92. The van der Waals surface area contributed by atoms with E-state index in [0.717, 1.165) is 0 Å². The minimum absolute atomic E-state index is 0. The number of rotatable bonds is 5. The van der Waals surface area contributed by atoms with E-state index in [9.17, 15) is 0 Å². The van der Waals surface area contributed by atoms with E-state index in [1.54, 1.807) is 0 Å². The van der Waals surface area contributed by atoms with Crippen molar-refractivity contribution in [1.29, 1.82) is 0 Å². The first-order valence-electron chi connectivity index (χ1n) is 11.8. The number of aromatic nitrogens is 3. The van der Waals surface area contributed by atoms with Crippen molar-refractivity contribution in [3.63, 3.8) is 0 Å². The molecule has 0 saturated carbocycles. The topological polar surface area (TPSA) is 117 Å². The molecule has 0 amide bonds. The number of hydrogen-bond donors (Lipinski definition) is 3. The molecule has 39 heavy (non-hydrogen) atoms. The van der Waals surface area contributed by atoms with Gasteiger partial charge < -0.3 is 17.2 Å². The number of nitrogen functional groups attached to an aromatic ring is 3. The Labute approximate surface area is 273 Å². The Morgan fingerprint density at radius 1 is 0.487 bits per heavy atom. The van der Waals surface area contributed by atoms with Crippen molar-refractivity contribution in [3.8, 4) is 11.1 Å². The molecule has 5 aromatic rings. The van der Waals surface area contributed by atoms with E-state index in [-0.39, 0.29) is 76.4 Å². The van der Waals surface area contributed by atoms with Crippen LogP contribution in [0.3, 0.4) is 0 Å². The van der Waals surface area contributed by atoms with Gasteiger partial charge in [0.15, 0.2) is 11.6 Å². The summed E-state index contributed by atoms with van der Waals surface area (Å²) in [5.41, 5.74) is 23.2. The van der Waals surface area contributed by atoms with Gasteiger partial charge in [-0.05, 0) is 38.6 Å². The Kier molecular flexibility index (Phi) is 13.7. The molecule has 0 aliphatic rings. The molecule has 6 nitrogen and oxygen atoms in total. The van der Waals surface area contributed by atoms with Gasteiger partial charge in [-0.3, -0.25) is 0 Å². The summed E-state index contributed by atoms with van der Waals surface area (Å²) >= 11 is 0. The normalized spacial score (nSPS) is 10.3. The van der Waals surface area contributed by atoms with E-state index < -0.39 is 0 Å². The summed E-state index contributed by atoms with van der Waals surface area (Å²) in [5.74, 6) is 0.227. The molecule has 0 fully saturated rings. The number of hydrogen-bond acceptors (Lipinski definition) is 6. The van der Waals surface area contributed by atoms with Crippen LogP contribution >= 0.6 is 0 Å². The molecule has 0 aliphatic heterocycles. The summed E-state index contributed by atoms with van der Waals surface area (Å²) in [4.78, 5) is 0. The molecule has 1 aromatic heterocycles. The Hall–Kier alpha value is -3.23. The van der Waals surface area contributed by atoms with Gasteiger partial charge in [-0.1, -0.05) is 133 Å². The van der Waals surface area contributed by atoms with Crippen LogP contribution in [0.2, 0.25) is 0 Å². The maximum atomic E-state index is 5.27. The van der Waals surface area contributed by atoms with Crippen LogP contribution in [-0.2, 0) is 0 Å². The summed E-state index contributed by atoms with van der Waals surface area (Å²) in [6, 6.07) is 37.9. The van der Waals surface area contributed by atoms with Gasteiger partial charge in [0.25, 0.3) is 0 Å². The molecule has 0 atom stereocenters. The standard InChI is InChI=1S/C28H22.C3H6N6.2Na/c1-4-11-23(12-5-1)19-21-26-17-10-18-27(25-15-8-3-9-16-25)28(26)22-20-24-13-6-2-7-14-24;4-1-2(5)7-9-8-3(1)6;;/h1-22H;(H2,4,9)(H4,5,6,7,8);;. The molecule has 0 bridgehead atoms. The van der Waals surface area contributed by atoms with Gasteiger partial charge in [-0.2, -0.15) is 0 Å². The van der Waals surface area contributed by atoms with Gasteiger partial charge in [0.05, 0.1) is 0 Å². The van der Waals surface area contributed by atoms with Gasteiger partial charge in [0, 0.05) is 59.1 Å². The van der Waals surface area contributed by atoms with Gasteiger partial charge in [-0.15, -0.1) is 10.2 Å². The summed E-state index contributed by atoms with van der Waals surface area (Å²) in [7, 11) is 0. The van der Waals surface area contributed by atoms with Crippen LogP contribution < -0.4 is 17.2 Å². The fraction of sp³-hybridized carbons (Fsp3) is 0. The second-order valence-corrected chi connectivity index (χ2v) is 8.14. The van der Waals surface area contributed by atoms with Gasteiger partial charge in [0.2, 0.25) is 0 Å². The first-order chi connectivity index (χ1) is 18.1. The van der Waals surface area contributed by atoms with E-state index >= 15 is 0 Å². The van der Waals surface area contributed by atoms with Crippen molar-refractivity contribution in [2.45, 2.75) is 0 Å². The minimum atomic E-state index is 0. The molecular weight excluding hydrogens is 502 g/mol. The molecular formula is C31H28N6Na2. The zero-order valence-electron chi connectivity index (χ0n) is 22.3. The molecule has 1 heterocycles. The van der Waals surface area contributed by atoms with Gasteiger partial charge in [0.1, 0.15) is 5.69 Å². The van der Waals surface area contributed by atoms with Gasteiger partial charge >= 0.3 is 0 Å². The van der Waals surface area contributed by atoms with Crippen LogP contribution in [0.15, 0.2) is 109 Å². The second-order valence-electron chi connectivity index (χ2n) is 8.14. The third-order valence-corrected chi connectivity index (χ3v) is 5.58. The molecule has 0 unspecified atom stereocenters. The molecule has 0 saturated heterocycles. The Bertz CT molecular complexity index is 1470. The van der Waals surface area contributed by atoms with Gasteiger partial charge in [-0.25, -0.2) is 0 Å². The van der Waals surface area contributed by atoms with E-state index in [1.807, 2.05) is 12.1 Å². The second kappa shape index (κ2) is 16.7. The summed E-state index contributed by atoms with van der Waals surface area (Å²) in [6.07, 6.45) is 8.78. The average Bonchev–Trinajstić information content (AvgIpc) is 2.95. The van der Waals surface area contributed by atoms with E-state index in [4.69, 9.17) is 17.2 Å². The maximum Gasteiger partial charge on any atom is 0.174 e. The van der Waals surface area contributed by atoms with E-state index in [2.05, 4.69) is 137 Å². The Morgan fingerprint density at radius 2 is 0.974 bits per heavy atom. The SMILES string of the molecule is C(=Cc1cccc(-c2ccccc2)c1C=Cc1ccccc1)c1ccccc1.Nc1nnnc(N)c1N.[Na].[Na]. The molecule has 184 valence electrons. The largest absolute Gasteiger partial charge is 0.393 e. The number of nitrogens with two attached hydrogens (primary N) is 3. The van der Waals surface area contributed by atoms with Crippen molar-refractivity contribution in [2.24, 2.45) is 0 Å². The van der Waals surface area contributed by atoms with Crippen LogP contribution in [0.5, 0.6) is 0 Å². The van der Waals surface area contributed by atoms with Crippen LogP contribution in [0.25, 0.3) is 35.4 Å². The number of benzene rings is 4. The number of anilines is 3. The van der Waals surface area contributed by atoms with E-state index in [1.165, 1.54) is 33.4 Å². The van der Waals surface area contributed by atoms with E-state index in [0.29, 0.717) is 0 Å². The predicted octanol–water partition coefficient (Wildman–Crippen LogP) is 5.55. The minimum Gasteiger partial charge on any atom is -0.393 e. The molecule has 4 aromatic carbocycles. The van der Waals surface area contributed by atoms with Crippen molar-refractivity contribution in [3.05, 3.63) is 131 Å². The molecule has 0 spiro atoms. The molecule has 5 rings (SSSR count). The number of nitrogens with zero attached hydrogens (tertiary/aromatic N) is 3. The monoisotopic (exact) mass is 530 g/mol. The Morgan fingerprint density at radius 3 is 1.49 bits per heavy atom. The first-order valence-corrected chi connectivity index (χ1v) is 11.8. The van der Waals surface area contributed by atoms with Crippen LogP contribution in [-0.4, -0.2) is 74.5 Å². The van der Waals surface area contributed by atoms with Crippen molar-refractivity contribution in [2.75, 3.05) is 17.2 Å². The Balaban J connectivity index is 0.000000416. The third-order valence-electron chi connectivity index (χ3n) is 5.58. The average molecular weight is 531 g/mol. The fourth-order valence-electron chi connectivity index (χ4n) is 3.64. The third kappa shape index (κ3) is 9.48. The fourth-order valence-corrected chi connectivity index (χ4v) is 3.64. The van der Waals surface area contributed by atoms with Crippen LogP contribution in [0, 0.1) is 0 Å². The summed E-state index contributed by atoms with van der Waals surface area (Å²) in [6.45, 7) is 0. The van der Waals surface area contributed by atoms with Crippen molar-refractivity contribution in [1.82, 2.24) is 15.4 Å².